The number of benzene rings is 2. The van der Waals surface area contributed by atoms with Gasteiger partial charge in [0.1, 0.15) is 0 Å². The van der Waals surface area contributed by atoms with Gasteiger partial charge in [-0.05, 0) is 80.4 Å². The van der Waals surface area contributed by atoms with E-state index in [0.717, 1.165) is 65.5 Å². The molecule has 2 atom stereocenters. The highest BCUT2D eigenvalue weighted by Gasteiger charge is 2.63. The topological polar surface area (TPSA) is 70.1 Å². The van der Waals surface area contributed by atoms with E-state index in [-0.39, 0.29) is 5.41 Å². The third-order valence-corrected chi connectivity index (χ3v) is 8.36. The SMILES string of the molecule is CN(C)C[C@H]1C[C@@]12CCN(c1ccc3c(c1)Cn1cc(-c4ccc(C#N)cc4)cc1-c1nccn1-3)C2=O. The highest BCUT2D eigenvalue weighted by molar-refractivity contribution is 6.02. The Bertz CT molecular complexity index is 1590. The van der Waals surface area contributed by atoms with Crippen molar-refractivity contribution < 1.29 is 4.79 Å². The lowest BCUT2D eigenvalue weighted by atomic mass is 10.0. The first-order chi connectivity index (χ1) is 18.0. The van der Waals surface area contributed by atoms with Crippen LogP contribution < -0.4 is 4.90 Å². The molecule has 7 nitrogen and oxygen atoms in total. The van der Waals surface area contributed by atoms with Gasteiger partial charge < -0.3 is 14.4 Å². The third kappa shape index (κ3) is 3.36. The quantitative estimate of drug-likeness (QED) is 0.372. The Morgan fingerprint density at radius 3 is 2.76 bits per heavy atom. The minimum absolute atomic E-state index is 0.155. The first-order valence-electron chi connectivity index (χ1n) is 12.8. The van der Waals surface area contributed by atoms with Gasteiger partial charge in [0.25, 0.3) is 0 Å². The average Bonchev–Trinajstić information content (AvgIpc) is 3.21. The van der Waals surface area contributed by atoms with E-state index in [1.54, 1.807) is 0 Å². The summed E-state index contributed by atoms with van der Waals surface area (Å²) in [5.41, 5.74) is 6.94. The van der Waals surface area contributed by atoms with E-state index < -0.39 is 0 Å². The lowest BCUT2D eigenvalue weighted by Gasteiger charge is -2.20. The van der Waals surface area contributed by atoms with Gasteiger partial charge in [-0.3, -0.25) is 9.36 Å². The van der Waals surface area contributed by atoms with Crippen molar-refractivity contribution in [2.45, 2.75) is 19.4 Å². The Morgan fingerprint density at radius 2 is 1.97 bits per heavy atom. The molecule has 4 aromatic rings. The summed E-state index contributed by atoms with van der Waals surface area (Å²) in [7, 11) is 4.17. The molecule has 3 aliphatic rings. The Labute approximate surface area is 216 Å². The largest absolute Gasteiger partial charge is 0.340 e. The predicted molar refractivity (Wildman–Crippen MR) is 142 cm³/mol. The summed E-state index contributed by atoms with van der Waals surface area (Å²) < 4.78 is 4.38. The second kappa shape index (κ2) is 7.92. The highest BCUT2D eigenvalue weighted by Crippen LogP contribution is 2.60. The van der Waals surface area contributed by atoms with Crippen LogP contribution in [0.15, 0.2) is 67.1 Å². The summed E-state index contributed by atoms with van der Waals surface area (Å²) in [5.74, 6) is 1.66. The van der Waals surface area contributed by atoms with Crippen molar-refractivity contribution in [3.8, 4) is 34.4 Å². The zero-order valence-electron chi connectivity index (χ0n) is 21.1. The van der Waals surface area contributed by atoms with Crippen LogP contribution in [0.2, 0.25) is 0 Å². The lowest BCUT2D eigenvalue weighted by molar-refractivity contribution is -0.122. The van der Waals surface area contributed by atoms with E-state index in [4.69, 9.17) is 10.2 Å². The van der Waals surface area contributed by atoms with Gasteiger partial charge in [-0.25, -0.2) is 4.98 Å². The van der Waals surface area contributed by atoms with Gasteiger partial charge in [-0.1, -0.05) is 12.1 Å². The van der Waals surface area contributed by atoms with Gasteiger partial charge in [0.05, 0.1) is 28.4 Å². The van der Waals surface area contributed by atoms with Crippen LogP contribution in [0, 0.1) is 22.7 Å². The minimum atomic E-state index is -0.155. The molecule has 0 N–H and O–H groups in total. The number of anilines is 1. The molecule has 4 heterocycles. The van der Waals surface area contributed by atoms with Crippen molar-refractivity contribution >= 4 is 11.6 Å². The maximum Gasteiger partial charge on any atom is 0.233 e. The highest BCUT2D eigenvalue weighted by atomic mass is 16.2. The first kappa shape index (κ1) is 22.1. The third-order valence-electron chi connectivity index (χ3n) is 8.36. The number of hydrogen-bond donors (Lipinski definition) is 0. The van der Waals surface area contributed by atoms with E-state index in [1.807, 2.05) is 41.6 Å². The van der Waals surface area contributed by atoms with E-state index in [1.165, 1.54) is 0 Å². The van der Waals surface area contributed by atoms with Crippen molar-refractivity contribution in [3.05, 3.63) is 78.2 Å². The van der Waals surface area contributed by atoms with Gasteiger partial charge >= 0.3 is 0 Å². The van der Waals surface area contributed by atoms with Crippen LogP contribution in [-0.2, 0) is 11.3 Å². The van der Waals surface area contributed by atoms with Crippen LogP contribution in [0.5, 0.6) is 0 Å². The monoisotopic (exact) mass is 488 g/mol. The molecular weight excluding hydrogens is 460 g/mol. The molecule has 2 fully saturated rings. The molecule has 1 aliphatic carbocycles. The Hall–Kier alpha value is -4.15. The van der Waals surface area contributed by atoms with E-state index >= 15 is 0 Å². The molecule has 1 spiro atoms. The molecule has 1 saturated heterocycles. The zero-order valence-corrected chi connectivity index (χ0v) is 21.1. The second-order valence-corrected chi connectivity index (χ2v) is 10.9. The number of aromatic nitrogens is 3. The summed E-state index contributed by atoms with van der Waals surface area (Å²) in [5, 5.41) is 9.15. The summed E-state index contributed by atoms with van der Waals surface area (Å²) in [6, 6.07) is 18.4. The standard InChI is InChI=1S/C30H28N6O/c1-33(2)19-24-15-30(24)9-11-35(29(30)37)25-7-8-26-23(13-25)18-34-17-22(21-5-3-20(16-31)4-6-21)14-27(34)28-32-10-12-36(26)28/h3-8,10,12-14,17,24H,9,11,15,18-19H2,1-2H3/t24-,30+/m1/s1. The van der Waals surface area contributed by atoms with E-state index in [9.17, 15) is 4.79 Å². The molecule has 7 rings (SSSR count). The van der Waals surface area contributed by atoms with E-state index in [2.05, 4.69) is 64.7 Å². The molecule has 37 heavy (non-hydrogen) atoms. The van der Waals surface area contributed by atoms with Crippen LogP contribution >= 0.6 is 0 Å². The lowest BCUT2D eigenvalue weighted by Crippen LogP contribution is -2.30. The number of nitriles is 1. The Kier molecular flexibility index (Phi) is 4.73. The predicted octanol–water partition coefficient (Wildman–Crippen LogP) is 4.55. The van der Waals surface area contributed by atoms with Crippen molar-refractivity contribution in [1.29, 1.82) is 5.26 Å². The maximum atomic E-state index is 13.5. The molecule has 1 saturated carbocycles. The molecule has 0 radical (unpaired) electrons. The molecule has 184 valence electrons. The number of carbonyl (C=O) groups excluding carboxylic acids is 1. The molecule has 2 aromatic carbocycles. The minimum Gasteiger partial charge on any atom is -0.340 e. The fraction of sp³-hybridized carbons (Fsp3) is 0.300. The second-order valence-electron chi connectivity index (χ2n) is 10.9. The normalized spacial score (nSPS) is 21.5. The smallest absolute Gasteiger partial charge is 0.233 e. The van der Waals surface area contributed by atoms with Crippen LogP contribution in [0.4, 0.5) is 5.69 Å². The van der Waals surface area contributed by atoms with Crippen molar-refractivity contribution in [2.75, 3.05) is 32.1 Å². The average molecular weight is 489 g/mol. The fourth-order valence-corrected chi connectivity index (χ4v) is 6.36. The number of rotatable bonds is 4. The van der Waals surface area contributed by atoms with Gasteiger partial charge in [0, 0.05) is 49.5 Å². The van der Waals surface area contributed by atoms with Gasteiger partial charge in [0.15, 0.2) is 5.82 Å². The summed E-state index contributed by atoms with van der Waals surface area (Å²) in [4.78, 5) is 22.4. The van der Waals surface area contributed by atoms with Crippen LogP contribution in [0.3, 0.4) is 0 Å². The van der Waals surface area contributed by atoms with Crippen molar-refractivity contribution in [2.24, 2.45) is 11.3 Å². The van der Waals surface area contributed by atoms with Gasteiger partial charge in [-0.2, -0.15) is 5.26 Å². The molecule has 2 aliphatic heterocycles. The number of hydrogen-bond acceptors (Lipinski definition) is 4. The summed E-state index contributed by atoms with van der Waals surface area (Å²) >= 11 is 0. The van der Waals surface area contributed by atoms with Gasteiger partial charge in [0.2, 0.25) is 5.91 Å². The molecule has 7 heteroatoms. The summed E-state index contributed by atoms with van der Waals surface area (Å²) in [6.45, 7) is 2.45. The molecule has 0 bridgehead atoms. The van der Waals surface area contributed by atoms with Gasteiger partial charge in [-0.15, -0.1) is 0 Å². The maximum absolute atomic E-state index is 13.5. The van der Waals surface area contributed by atoms with E-state index in [0.29, 0.717) is 23.9 Å². The number of carbonyl (C=O) groups is 1. The number of fused-ring (bicyclic) bond motifs is 5. The number of imidazole rings is 1. The van der Waals surface area contributed by atoms with Crippen LogP contribution in [0.25, 0.3) is 28.3 Å². The van der Waals surface area contributed by atoms with Crippen molar-refractivity contribution in [1.82, 2.24) is 19.0 Å². The van der Waals surface area contributed by atoms with Crippen molar-refractivity contribution in [3.63, 3.8) is 0 Å². The molecule has 0 unspecified atom stereocenters. The fourth-order valence-electron chi connectivity index (χ4n) is 6.36. The number of amides is 1. The summed E-state index contributed by atoms with van der Waals surface area (Å²) in [6.07, 6.45) is 7.95. The zero-order chi connectivity index (χ0) is 25.3. The number of nitrogens with zero attached hydrogens (tertiary/aromatic N) is 6. The molecular formula is C30H28N6O. The van der Waals surface area contributed by atoms with Crippen LogP contribution in [-0.4, -0.2) is 52.1 Å². The first-order valence-corrected chi connectivity index (χ1v) is 12.8. The molecule has 1 amide bonds. The Morgan fingerprint density at radius 1 is 1.14 bits per heavy atom. The van der Waals surface area contributed by atoms with Crippen LogP contribution in [0.1, 0.15) is 24.0 Å². The Balaban J connectivity index is 1.24. The molecule has 2 aromatic heterocycles.